The molecule has 0 radical (unpaired) electrons. The third-order valence-corrected chi connectivity index (χ3v) is 8.93. The first-order valence-electron chi connectivity index (χ1n) is 16.0. The number of alkyl halides is 2. The van der Waals surface area contributed by atoms with Crippen LogP contribution in [0.25, 0.3) is 28.1 Å². The van der Waals surface area contributed by atoms with Crippen molar-refractivity contribution in [2.24, 2.45) is 11.8 Å². The van der Waals surface area contributed by atoms with Gasteiger partial charge in [-0.1, -0.05) is 50.8 Å². The molecule has 1 nitrogen and oxygen atoms in total. The molecule has 0 aliphatic heterocycles. The van der Waals surface area contributed by atoms with E-state index < -0.39 is 75.5 Å². The van der Waals surface area contributed by atoms with Crippen LogP contribution in [0.4, 0.5) is 43.9 Å². The molecule has 0 heterocycles. The van der Waals surface area contributed by atoms with E-state index >= 15 is 22.0 Å². The lowest BCUT2D eigenvalue weighted by molar-refractivity contribution is -0.187. The Balaban J connectivity index is 1.28. The molecule has 0 N–H and O–H groups in total. The maximum absolute atomic E-state index is 15.0. The van der Waals surface area contributed by atoms with Crippen LogP contribution in [-0.4, -0.2) is 0 Å². The van der Waals surface area contributed by atoms with Crippen molar-refractivity contribution in [2.45, 2.75) is 64.4 Å². The summed E-state index contributed by atoms with van der Waals surface area (Å²) in [4.78, 5) is 0. The quantitative estimate of drug-likeness (QED) is 0.0863. The number of allylic oxidation sites excluding steroid dienone is 1. The van der Waals surface area contributed by atoms with Crippen molar-refractivity contribution in [3.63, 3.8) is 0 Å². The highest BCUT2D eigenvalue weighted by atomic mass is 19.3. The topological polar surface area (TPSA) is 9.23 Å². The summed E-state index contributed by atoms with van der Waals surface area (Å²) in [7, 11) is 0. The second-order valence-electron chi connectivity index (χ2n) is 12.3. The molecule has 0 saturated heterocycles. The normalized spacial score (nSPS) is 17.2. The van der Waals surface area contributed by atoms with Crippen LogP contribution < -0.4 is 4.74 Å². The van der Waals surface area contributed by atoms with Crippen molar-refractivity contribution in [3.05, 3.63) is 119 Å². The summed E-state index contributed by atoms with van der Waals surface area (Å²) in [6, 6.07) is 8.58. The van der Waals surface area contributed by atoms with Crippen LogP contribution >= 0.6 is 0 Å². The van der Waals surface area contributed by atoms with Crippen LogP contribution in [0, 0.1) is 46.7 Å². The lowest BCUT2D eigenvalue weighted by Crippen LogP contribution is -2.23. The van der Waals surface area contributed by atoms with E-state index in [0.29, 0.717) is 49.1 Å². The van der Waals surface area contributed by atoms with Gasteiger partial charge in [0.25, 0.3) is 0 Å². The molecule has 0 spiro atoms. The Morgan fingerprint density at radius 1 is 0.673 bits per heavy atom. The maximum Gasteiger partial charge on any atom is 0.429 e. The zero-order valence-electron chi connectivity index (χ0n) is 26.4. The van der Waals surface area contributed by atoms with Crippen molar-refractivity contribution in [2.75, 3.05) is 0 Å². The van der Waals surface area contributed by atoms with E-state index in [1.54, 1.807) is 0 Å². The second-order valence-corrected chi connectivity index (χ2v) is 12.3. The zero-order valence-corrected chi connectivity index (χ0v) is 26.4. The standard InChI is InChI=1S/C38H32F10O/c1-2-3-4-5-21-6-8-22(9-7-21)35(44)36(45)24-11-15-29(32(41)17-24)38(47,48)49-26-12-14-27(31(40)20-26)23-10-13-28(30(39)16-23)25-18-33(42)37(46)34(43)19-25/h10-22H,2-9H2,1H3/b36-35+. The number of hydrogen-bond acceptors (Lipinski definition) is 1. The molecule has 4 aromatic rings. The summed E-state index contributed by atoms with van der Waals surface area (Å²) in [5.41, 5.74) is -2.80. The van der Waals surface area contributed by atoms with E-state index in [9.17, 15) is 22.0 Å². The molecule has 11 heteroatoms. The molecule has 0 unspecified atom stereocenters. The largest absolute Gasteiger partial charge is 0.429 e. The van der Waals surface area contributed by atoms with Crippen molar-refractivity contribution >= 4 is 5.83 Å². The monoisotopic (exact) mass is 694 g/mol. The fourth-order valence-electron chi connectivity index (χ4n) is 6.22. The first-order valence-corrected chi connectivity index (χ1v) is 16.0. The van der Waals surface area contributed by atoms with Crippen LogP contribution in [0.1, 0.15) is 69.4 Å². The van der Waals surface area contributed by atoms with Gasteiger partial charge in [-0.05, 0) is 85.2 Å². The van der Waals surface area contributed by atoms with E-state index in [0.717, 1.165) is 68.9 Å². The number of rotatable bonds is 11. The highest BCUT2D eigenvalue weighted by molar-refractivity contribution is 5.72. The summed E-state index contributed by atoms with van der Waals surface area (Å²) in [5, 5.41) is 0. The van der Waals surface area contributed by atoms with Crippen molar-refractivity contribution in [3.8, 4) is 28.0 Å². The minimum absolute atomic E-state index is 0.0796. The molecule has 1 aliphatic rings. The number of hydrogen-bond donors (Lipinski definition) is 0. The molecular weight excluding hydrogens is 662 g/mol. The SMILES string of the molecule is CCCCCC1CCC(/C(F)=C(\F)c2ccc(C(F)(F)Oc3ccc(-c4ccc(-c5cc(F)c(F)c(F)c5)c(F)c4)c(F)c3)c(F)c2)CC1. The van der Waals surface area contributed by atoms with E-state index in [4.69, 9.17) is 0 Å². The van der Waals surface area contributed by atoms with Gasteiger partial charge in [-0.15, -0.1) is 0 Å². The number of benzene rings is 4. The molecule has 1 fully saturated rings. The van der Waals surface area contributed by atoms with Crippen LogP contribution in [-0.2, 0) is 6.11 Å². The Morgan fingerprint density at radius 3 is 1.90 bits per heavy atom. The molecule has 0 bridgehead atoms. The lowest BCUT2D eigenvalue weighted by atomic mass is 9.79. The number of ether oxygens (including phenoxy) is 1. The smallest absolute Gasteiger partial charge is 0.429 e. The summed E-state index contributed by atoms with van der Waals surface area (Å²) in [6.45, 7) is 2.11. The van der Waals surface area contributed by atoms with Gasteiger partial charge in [0.15, 0.2) is 23.3 Å². The van der Waals surface area contributed by atoms with Gasteiger partial charge >= 0.3 is 6.11 Å². The minimum Gasteiger partial charge on any atom is -0.429 e. The van der Waals surface area contributed by atoms with Crippen molar-refractivity contribution in [1.82, 2.24) is 0 Å². The lowest BCUT2D eigenvalue weighted by Gasteiger charge is -2.27. The Bertz CT molecular complexity index is 1820. The summed E-state index contributed by atoms with van der Waals surface area (Å²) in [5.74, 6) is -11.8. The molecule has 0 aromatic heterocycles. The zero-order chi connectivity index (χ0) is 35.5. The van der Waals surface area contributed by atoms with Gasteiger partial charge in [-0.2, -0.15) is 8.78 Å². The van der Waals surface area contributed by atoms with Crippen molar-refractivity contribution in [1.29, 1.82) is 0 Å². The fourth-order valence-corrected chi connectivity index (χ4v) is 6.22. The first-order chi connectivity index (χ1) is 23.3. The molecule has 0 atom stereocenters. The van der Waals surface area contributed by atoms with Crippen LogP contribution in [0.2, 0.25) is 0 Å². The highest BCUT2D eigenvalue weighted by Crippen LogP contribution is 2.41. The van der Waals surface area contributed by atoms with Gasteiger partial charge in [0.05, 0.1) is 5.56 Å². The number of halogens is 10. The van der Waals surface area contributed by atoms with E-state index in [2.05, 4.69) is 11.7 Å². The van der Waals surface area contributed by atoms with E-state index in [1.165, 1.54) is 6.07 Å². The van der Waals surface area contributed by atoms with E-state index in [-0.39, 0.29) is 22.3 Å². The van der Waals surface area contributed by atoms with Gasteiger partial charge in [-0.25, -0.2) is 35.1 Å². The van der Waals surface area contributed by atoms with Gasteiger partial charge < -0.3 is 4.74 Å². The fraction of sp³-hybridized carbons (Fsp3) is 0.316. The molecule has 1 saturated carbocycles. The summed E-state index contributed by atoms with van der Waals surface area (Å²) >= 11 is 0. The Kier molecular flexibility index (Phi) is 11.1. The average molecular weight is 695 g/mol. The van der Waals surface area contributed by atoms with Gasteiger partial charge in [0, 0.05) is 28.7 Å². The molecule has 5 rings (SSSR count). The Hall–Kier alpha value is -4.28. The molecule has 1 aliphatic carbocycles. The summed E-state index contributed by atoms with van der Waals surface area (Å²) < 4.78 is 150. The third kappa shape index (κ3) is 8.13. The van der Waals surface area contributed by atoms with Crippen molar-refractivity contribution < 1.29 is 48.6 Å². The van der Waals surface area contributed by atoms with Crippen LogP contribution in [0.3, 0.4) is 0 Å². The maximum atomic E-state index is 15.0. The molecular formula is C38H32F10O. The predicted molar refractivity (Wildman–Crippen MR) is 167 cm³/mol. The Morgan fingerprint density at radius 2 is 1.29 bits per heavy atom. The third-order valence-electron chi connectivity index (χ3n) is 8.93. The molecule has 0 amide bonds. The first kappa shape index (κ1) is 36.0. The van der Waals surface area contributed by atoms with Gasteiger partial charge in [-0.3, -0.25) is 0 Å². The molecule has 49 heavy (non-hydrogen) atoms. The van der Waals surface area contributed by atoms with E-state index in [1.807, 2.05) is 0 Å². The van der Waals surface area contributed by atoms with Crippen LogP contribution in [0.15, 0.2) is 72.6 Å². The minimum atomic E-state index is -4.36. The highest BCUT2D eigenvalue weighted by Gasteiger charge is 2.38. The predicted octanol–water partition coefficient (Wildman–Crippen LogP) is 13.0. The molecule has 260 valence electrons. The Labute approximate surface area is 277 Å². The number of unbranched alkanes of at least 4 members (excludes halogenated alkanes) is 2. The van der Waals surface area contributed by atoms with Gasteiger partial charge in [0.2, 0.25) is 0 Å². The second kappa shape index (κ2) is 15.1. The summed E-state index contributed by atoms with van der Waals surface area (Å²) in [6.07, 6.45) is 2.36. The molecule has 4 aromatic carbocycles. The van der Waals surface area contributed by atoms with Crippen LogP contribution in [0.5, 0.6) is 5.75 Å². The van der Waals surface area contributed by atoms with Gasteiger partial charge in [0.1, 0.15) is 29.0 Å². The average Bonchev–Trinajstić information content (AvgIpc) is 3.06.